The van der Waals surface area contributed by atoms with Crippen molar-refractivity contribution < 1.29 is 26.9 Å². The maximum Gasteiger partial charge on any atom is 0.270 e. The van der Waals surface area contributed by atoms with Crippen molar-refractivity contribution in [3.63, 3.8) is 0 Å². The van der Waals surface area contributed by atoms with Gasteiger partial charge in [-0.1, -0.05) is 24.3 Å². The summed E-state index contributed by atoms with van der Waals surface area (Å²) in [5.41, 5.74) is -0.00240. The molecule has 3 aromatic rings. The Balaban J connectivity index is 2.13. The largest absolute Gasteiger partial charge is 0.506 e. The van der Waals surface area contributed by atoms with Crippen LogP contribution >= 0.6 is 0 Å². The first-order valence-electron chi connectivity index (χ1n) is 8.85. The van der Waals surface area contributed by atoms with Crippen LogP contribution in [0.25, 0.3) is 0 Å². The SMILES string of the molecule is Cc1c(NS(=O)(=O)c2cccc([N+](=O)[O-])c2)cc(S(=O)(=O)c2ccccc2)c(O)c1C. The molecule has 0 spiro atoms. The number of nitro benzene ring substituents is 1. The number of hydrogen-bond donors (Lipinski definition) is 2. The molecule has 31 heavy (non-hydrogen) atoms. The minimum Gasteiger partial charge on any atom is -0.506 e. The standard InChI is InChI=1S/C20H18N2O7S2/c1-13-14(2)20(23)19(30(26,27)16-8-4-3-5-9-16)12-18(13)21-31(28,29)17-10-6-7-15(11-17)22(24)25/h3-12,21,23H,1-2H3. The molecule has 162 valence electrons. The molecule has 3 aromatic carbocycles. The lowest BCUT2D eigenvalue weighted by atomic mass is 10.1. The molecule has 0 aliphatic rings. The number of anilines is 1. The normalized spacial score (nSPS) is 11.8. The van der Waals surface area contributed by atoms with Gasteiger partial charge >= 0.3 is 0 Å². The second kappa shape index (κ2) is 8.00. The van der Waals surface area contributed by atoms with Gasteiger partial charge in [-0.05, 0) is 49.2 Å². The Morgan fingerprint density at radius 3 is 2.10 bits per heavy atom. The summed E-state index contributed by atoms with van der Waals surface area (Å²) >= 11 is 0. The van der Waals surface area contributed by atoms with Crippen LogP contribution in [0, 0.1) is 24.0 Å². The number of nitro groups is 1. The zero-order valence-electron chi connectivity index (χ0n) is 16.4. The van der Waals surface area contributed by atoms with Crippen molar-refractivity contribution in [2.75, 3.05) is 4.72 Å². The fourth-order valence-electron chi connectivity index (χ4n) is 2.88. The molecule has 0 bridgehead atoms. The summed E-state index contributed by atoms with van der Waals surface area (Å²) in [6.07, 6.45) is 0. The molecular formula is C20H18N2O7S2. The molecule has 0 saturated heterocycles. The van der Waals surface area contributed by atoms with E-state index in [-0.39, 0.29) is 21.0 Å². The van der Waals surface area contributed by atoms with Crippen molar-refractivity contribution in [1.29, 1.82) is 0 Å². The number of non-ortho nitro benzene ring substituents is 1. The van der Waals surface area contributed by atoms with Gasteiger partial charge in [0.05, 0.1) is 20.4 Å². The number of aromatic hydroxyl groups is 1. The molecule has 0 amide bonds. The van der Waals surface area contributed by atoms with Gasteiger partial charge in [0.1, 0.15) is 10.6 Å². The predicted molar refractivity (Wildman–Crippen MR) is 113 cm³/mol. The minimum absolute atomic E-state index is 0.0685. The first kappa shape index (κ1) is 22.2. The second-order valence-corrected chi connectivity index (χ2v) is 10.3. The van der Waals surface area contributed by atoms with Gasteiger partial charge in [0, 0.05) is 12.1 Å². The van der Waals surface area contributed by atoms with E-state index < -0.39 is 41.1 Å². The van der Waals surface area contributed by atoms with Crippen LogP contribution in [0.4, 0.5) is 11.4 Å². The Bertz CT molecular complexity index is 1380. The zero-order chi connectivity index (χ0) is 23.0. The van der Waals surface area contributed by atoms with Gasteiger partial charge in [-0.25, -0.2) is 16.8 Å². The first-order chi connectivity index (χ1) is 14.4. The highest BCUT2D eigenvalue weighted by molar-refractivity contribution is 7.93. The van der Waals surface area contributed by atoms with E-state index in [9.17, 15) is 32.1 Å². The Kier molecular flexibility index (Phi) is 5.74. The molecule has 11 heteroatoms. The smallest absolute Gasteiger partial charge is 0.270 e. The van der Waals surface area contributed by atoms with E-state index in [0.29, 0.717) is 5.56 Å². The molecule has 0 unspecified atom stereocenters. The van der Waals surface area contributed by atoms with Gasteiger partial charge in [0.15, 0.2) is 0 Å². The van der Waals surface area contributed by atoms with Crippen LogP contribution < -0.4 is 4.72 Å². The molecule has 0 atom stereocenters. The van der Waals surface area contributed by atoms with Gasteiger partial charge in [0.25, 0.3) is 15.7 Å². The number of nitrogens with one attached hydrogen (secondary N) is 1. The lowest BCUT2D eigenvalue weighted by molar-refractivity contribution is -0.385. The topological polar surface area (TPSA) is 144 Å². The Labute approximate surface area is 179 Å². The highest BCUT2D eigenvalue weighted by Gasteiger charge is 2.27. The van der Waals surface area contributed by atoms with Crippen molar-refractivity contribution in [3.05, 3.63) is 81.9 Å². The van der Waals surface area contributed by atoms with Crippen LogP contribution in [-0.2, 0) is 19.9 Å². The summed E-state index contributed by atoms with van der Waals surface area (Å²) < 4.78 is 53.9. The summed E-state index contributed by atoms with van der Waals surface area (Å²) in [5, 5.41) is 21.4. The van der Waals surface area contributed by atoms with Crippen molar-refractivity contribution in [1.82, 2.24) is 0 Å². The maximum atomic E-state index is 13.0. The number of nitrogens with zero attached hydrogens (tertiary/aromatic N) is 1. The van der Waals surface area contributed by atoms with E-state index in [4.69, 9.17) is 0 Å². The van der Waals surface area contributed by atoms with Crippen molar-refractivity contribution in [2.24, 2.45) is 0 Å². The third-order valence-corrected chi connectivity index (χ3v) is 7.90. The number of sulfonamides is 1. The second-order valence-electron chi connectivity index (χ2n) is 6.70. The maximum absolute atomic E-state index is 13.0. The number of hydrogen-bond acceptors (Lipinski definition) is 7. The van der Waals surface area contributed by atoms with Gasteiger partial charge < -0.3 is 5.11 Å². The molecule has 0 aromatic heterocycles. The lowest BCUT2D eigenvalue weighted by Gasteiger charge is -2.17. The van der Waals surface area contributed by atoms with Crippen LogP contribution in [0.5, 0.6) is 5.75 Å². The summed E-state index contributed by atoms with van der Waals surface area (Å²) in [7, 11) is -8.42. The van der Waals surface area contributed by atoms with E-state index in [0.717, 1.165) is 18.2 Å². The van der Waals surface area contributed by atoms with Gasteiger partial charge in [0.2, 0.25) is 9.84 Å². The monoisotopic (exact) mass is 462 g/mol. The minimum atomic E-state index is -4.28. The third kappa shape index (κ3) is 4.23. The number of phenolic OH excluding ortho intramolecular Hbond substituents is 1. The highest BCUT2D eigenvalue weighted by atomic mass is 32.2. The van der Waals surface area contributed by atoms with Gasteiger partial charge in [-0.2, -0.15) is 0 Å². The van der Waals surface area contributed by atoms with Crippen LogP contribution in [0.15, 0.2) is 75.4 Å². The Hall–Kier alpha value is -3.44. The Morgan fingerprint density at radius 2 is 1.48 bits per heavy atom. The number of sulfone groups is 1. The van der Waals surface area contributed by atoms with Crippen LogP contribution in [0.1, 0.15) is 11.1 Å². The fourth-order valence-corrected chi connectivity index (χ4v) is 5.48. The molecule has 0 heterocycles. The number of rotatable bonds is 6. The summed E-state index contributed by atoms with van der Waals surface area (Å²) in [4.78, 5) is 9.35. The number of phenols is 1. The molecule has 0 fully saturated rings. The third-order valence-electron chi connectivity index (χ3n) is 4.76. The molecule has 0 aliphatic carbocycles. The molecule has 0 saturated carbocycles. The molecule has 3 rings (SSSR count). The summed E-state index contributed by atoms with van der Waals surface area (Å²) in [6, 6.07) is 12.9. The molecule has 0 radical (unpaired) electrons. The van der Waals surface area contributed by atoms with E-state index in [2.05, 4.69) is 4.72 Å². The number of benzene rings is 3. The first-order valence-corrected chi connectivity index (χ1v) is 11.8. The summed E-state index contributed by atoms with van der Waals surface area (Å²) in [5.74, 6) is -0.486. The molecular weight excluding hydrogens is 444 g/mol. The van der Waals surface area contributed by atoms with Crippen LogP contribution in [-0.4, -0.2) is 26.9 Å². The van der Waals surface area contributed by atoms with E-state index >= 15 is 0 Å². The molecule has 9 nitrogen and oxygen atoms in total. The quantitative estimate of drug-likeness (QED) is 0.324. The van der Waals surface area contributed by atoms with Crippen molar-refractivity contribution in [3.8, 4) is 5.75 Å². The van der Waals surface area contributed by atoms with E-state index in [1.807, 2.05) is 0 Å². The van der Waals surface area contributed by atoms with Crippen LogP contribution in [0.2, 0.25) is 0 Å². The molecule has 2 N–H and O–H groups in total. The van der Waals surface area contributed by atoms with Gasteiger partial charge in [-0.15, -0.1) is 0 Å². The Morgan fingerprint density at radius 1 is 0.871 bits per heavy atom. The van der Waals surface area contributed by atoms with E-state index in [1.54, 1.807) is 6.07 Å². The molecule has 0 aliphatic heterocycles. The lowest BCUT2D eigenvalue weighted by Crippen LogP contribution is -2.15. The van der Waals surface area contributed by atoms with Crippen LogP contribution in [0.3, 0.4) is 0 Å². The highest BCUT2D eigenvalue weighted by Crippen LogP contribution is 2.37. The fraction of sp³-hybridized carbons (Fsp3) is 0.100. The van der Waals surface area contributed by atoms with Crippen molar-refractivity contribution in [2.45, 2.75) is 28.5 Å². The van der Waals surface area contributed by atoms with Crippen molar-refractivity contribution >= 4 is 31.2 Å². The predicted octanol–water partition coefficient (Wildman–Crippen LogP) is 3.55. The van der Waals surface area contributed by atoms with Gasteiger partial charge in [-0.3, -0.25) is 14.8 Å². The summed E-state index contributed by atoms with van der Waals surface area (Å²) in [6.45, 7) is 2.97. The average molecular weight is 463 g/mol. The average Bonchev–Trinajstić information content (AvgIpc) is 2.74. The van der Waals surface area contributed by atoms with E-state index in [1.165, 1.54) is 50.2 Å². The zero-order valence-corrected chi connectivity index (χ0v) is 18.1.